The lowest BCUT2D eigenvalue weighted by molar-refractivity contribution is -0.193. The molecule has 1 amide bonds. The zero-order valence-electron chi connectivity index (χ0n) is 22.4. The predicted molar refractivity (Wildman–Crippen MR) is 136 cm³/mol. The van der Waals surface area contributed by atoms with Crippen molar-refractivity contribution in [2.24, 2.45) is 16.5 Å². The Labute approximate surface area is 241 Å². The average molecular weight is 651 g/mol. The van der Waals surface area contributed by atoms with Gasteiger partial charge in [-0.3, -0.25) is 10.1 Å². The number of halogens is 9. The number of aromatic nitrogens is 2. The molecule has 0 spiro atoms. The molecule has 2 atom stereocenters. The van der Waals surface area contributed by atoms with Gasteiger partial charge in [0.2, 0.25) is 11.9 Å². The zero-order chi connectivity index (χ0) is 34.0. The van der Waals surface area contributed by atoms with Crippen LogP contribution in [0.3, 0.4) is 0 Å². The zero-order valence-corrected chi connectivity index (χ0v) is 22.4. The maximum atomic E-state index is 12.5. The first-order valence-corrected chi connectivity index (χ1v) is 12.1. The maximum Gasteiger partial charge on any atom is 0.490 e. The fraction of sp³-hybridized carbons (Fsp3) is 0.478. The number of nitrogens with zero attached hydrogens (tertiary/aromatic N) is 3. The molecule has 2 aromatic rings. The monoisotopic (exact) mass is 651 g/mol. The fourth-order valence-electron chi connectivity index (χ4n) is 3.56. The van der Waals surface area contributed by atoms with Crippen LogP contribution in [-0.4, -0.2) is 74.6 Å². The first kappa shape index (κ1) is 37.4. The van der Waals surface area contributed by atoms with E-state index in [4.69, 9.17) is 31.3 Å². The first-order valence-electron chi connectivity index (χ1n) is 12.1. The molecule has 246 valence electrons. The van der Waals surface area contributed by atoms with E-state index in [1.165, 1.54) is 0 Å². The minimum Gasteiger partial charge on any atom is -0.475 e. The van der Waals surface area contributed by atoms with Gasteiger partial charge in [-0.05, 0) is 31.9 Å². The highest BCUT2D eigenvalue weighted by atomic mass is 19.4. The van der Waals surface area contributed by atoms with E-state index in [1.54, 1.807) is 6.07 Å². The summed E-state index contributed by atoms with van der Waals surface area (Å²) in [6, 6.07) is 5.16. The van der Waals surface area contributed by atoms with Gasteiger partial charge in [0.25, 0.3) is 0 Å². The number of carbonyl (C=O) groups excluding carboxylic acids is 1. The van der Waals surface area contributed by atoms with E-state index in [0.29, 0.717) is 16.7 Å². The third-order valence-electron chi connectivity index (χ3n) is 5.31. The third kappa shape index (κ3) is 13.6. The Kier molecular flexibility index (Phi) is 13.0. The minimum atomic E-state index is -5.08. The molecular formula is C23H26F9N7O5. The van der Waals surface area contributed by atoms with Gasteiger partial charge in [-0.25, -0.2) is 19.6 Å². The SMILES string of the molecule is Cc1ccc2nc(NC(=O)CC(F)(F)F)nc(NC3CCCCC3N=C(N)N)c2c1.O=C(O)C(F)(F)F.O=C(O)C(F)(F)F. The van der Waals surface area contributed by atoms with E-state index >= 15 is 0 Å². The number of hydrogen-bond acceptors (Lipinski definition) is 7. The summed E-state index contributed by atoms with van der Waals surface area (Å²) >= 11 is 0. The molecule has 1 fully saturated rings. The number of hydrogen-bond donors (Lipinski definition) is 6. The van der Waals surface area contributed by atoms with Gasteiger partial charge in [-0.2, -0.15) is 44.5 Å². The number of carbonyl (C=O) groups is 3. The number of aryl methyl sites for hydroxylation is 1. The molecule has 1 aliphatic rings. The lowest BCUT2D eigenvalue weighted by atomic mass is 9.90. The second kappa shape index (κ2) is 15.2. The summed E-state index contributed by atoms with van der Waals surface area (Å²) in [6.45, 7) is 1.91. The first-order chi connectivity index (χ1) is 20.0. The summed E-state index contributed by atoms with van der Waals surface area (Å²) in [5.74, 6) is -6.53. The number of carboxylic acids is 2. The maximum absolute atomic E-state index is 12.5. The summed E-state index contributed by atoms with van der Waals surface area (Å²) in [7, 11) is 0. The number of fused-ring (bicyclic) bond motifs is 1. The highest BCUT2D eigenvalue weighted by Gasteiger charge is 2.39. The smallest absolute Gasteiger partial charge is 0.475 e. The Bertz CT molecular complexity index is 1320. The largest absolute Gasteiger partial charge is 0.490 e. The lowest BCUT2D eigenvalue weighted by Gasteiger charge is -2.30. The van der Waals surface area contributed by atoms with E-state index in [9.17, 15) is 44.3 Å². The van der Waals surface area contributed by atoms with Crippen molar-refractivity contribution in [2.75, 3.05) is 10.6 Å². The van der Waals surface area contributed by atoms with Crippen molar-refractivity contribution in [1.82, 2.24) is 9.97 Å². The number of nitrogens with two attached hydrogens (primary N) is 2. The number of alkyl halides is 9. The molecule has 1 saturated carbocycles. The molecule has 0 bridgehead atoms. The Balaban J connectivity index is 0.000000574. The summed E-state index contributed by atoms with van der Waals surface area (Å²) in [5.41, 5.74) is 12.6. The fourth-order valence-corrected chi connectivity index (χ4v) is 3.56. The highest BCUT2D eigenvalue weighted by molar-refractivity contribution is 5.94. The molecule has 2 unspecified atom stereocenters. The Hall–Kier alpha value is -4.59. The Morgan fingerprint density at radius 2 is 1.45 bits per heavy atom. The number of anilines is 2. The predicted octanol–water partition coefficient (Wildman–Crippen LogP) is 4.09. The van der Waals surface area contributed by atoms with Gasteiger partial charge < -0.3 is 27.0 Å². The van der Waals surface area contributed by atoms with Gasteiger partial charge in [0.05, 0.1) is 17.6 Å². The molecule has 8 N–H and O–H groups in total. The quantitative estimate of drug-likeness (QED) is 0.155. The topological polar surface area (TPSA) is 206 Å². The molecule has 1 aromatic heterocycles. The number of rotatable bonds is 5. The Morgan fingerprint density at radius 3 is 1.93 bits per heavy atom. The lowest BCUT2D eigenvalue weighted by Crippen LogP contribution is -2.38. The van der Waals surface area contributed by atoms with Crippen LogP contribution in [0.15, 0.2) is 23.2 Å². The van der Waals surface area contributed by atoms with Crippen molar-refractivity contribution in [3.63, 3.8) is 0 Å². The molecule has 21 heteroatoms. The average Bonchev–Trinajstić information content (AvgIpc) is 2.83. The normalized spacial score (nSPS) is 16.8. The van der Waals surface area contributed by atoms with Crippen LogP contribution in [0.1, 0.15) is 37.7 Å². The molecule has 1 aliphatic carbocycles. The number of guanidine groups is 1. The summed E-state index contributed by atoms with van der Waals surface area (Å²) in [4.78, 5) is 42.3. The van der Waals surface area contributed by atoms with E-state index in [-0.39, 0.29) is 24.0 Å². The molecular weight excluding hydrogens is 625 g/mol. The number of nitrogens with one attached hydrogen (secondary N) is 2. The highest BCUT2D eigenvalue weighted by Crippen LogP contribution is 2.29. The number of amides is 1. The van der Waals surface area contributed by atoms with Crippen molar-refractivity contribution >= 4 is 46.5 Å². The third-order valence-corrected chi connectivity index (χ3v) is 5.31. The van der Waals surface area contributed by atoms with Gasteiger partial charge >= 0.3 is 30.5 Å². The summed E-state index contributed by atoms with van der Waals surface area (Å²) in [6.07, 6.45) is -12.8. The second-order valence-corrected chi connectivity index (χ2v) is 9.02. The van der Waals surface area contributed by atoms with Gasteiger partial charge in [-0.1, -0.05) is 24.5 Å². The number of carboxylic acid groups (broad SMARTS) is 2. The molecule has 1 heterocycles. The molecule has 0 radical (unpaired) electrons. The van der Waals surface area contributed by atoms with Crippen LogP contribution in [0.25, 0.3) is 10.9 Å². The van der Waals surface area contributed by atoms with Crippen molar-refractivity contribution < 1.29 is 64.1 Å². The number of aliphatic imine (C=N–C) groups is 1. The van der Waals surface area contributed by atoms with Crippen LogP contribution in [0.4, 0.5) is 51.3 Å². The minimum absolute atomic E-state index is 0.00260. The molecule has 12 nitrogen and oxygen atoms in total. The molecule has 44 heavy (non-hydrogen) atoms. The summed E-state index contributed by atoms with van der Waals surface area (Å²) in [5, 5.41) is 20.4. The Morgan fingerprint density at radius 1 is 0.932 bits per heavy atom. The van der Waals surface area contributed by atoms with Crippen molar-refractivity contribution in [3.05, 3.63) is 23.8 Å². The van der Waals surface area contributed by atoms with Crippen LogP contribution in [0, 0.1) is 6.92 Å². The van der Waals surface area contributed by atoms with E-state index in [0.717, 1.165) is 31.2 Å². The van der Waals surface area contributed by atoms with Crippen LogP contribution in [0.2, 0.25) is 0 Å². The van der Waals surface area contributed by atoms with Crippen molar-refractivity contribution in [2.45, 2.75) is 69.6 Å². The molecule has 3 rings (SSSR count). The van der Waals surface area contributed by atoms with E-state index in [2.05, 4.69) is 25.6 Å². The number of benzene rings is 1. The van der Waals surface area contributed by atoms with Gasteiger partial charge in [0.15, 0.2) is 5.96 Å². The second-order valence-electron chi connectivity index (χ2n) is 9.02. The van der Waals surface area contributed by atoms with E-state index < -0.39 is 42.8 Å². The summed E-state index contributed by atoms with van der Waals surface area (Å²) < 4.78 is 101. The van der Waals surface area contributed by atoms with Crippen LogP contribution < -0.4 is 22.1 Å². The van der Waals surface area contributed by atoms with Gasteiger partial charge in [0, 0.05) is 5.39 Å². The van der Waals surface area contributed by atoms with Gasteiger partial charge in [0.1, 0.15) is 12.2 Å². The molecule has 1 aromatic carbocycles. The molecule has 0 aliphatic heterocycles. The molecule has 0 saturated heterocycles. The van der Waals surface area contributed by atoms with E-state index in [1.807, 2.05) is 19.1 Å². The van der Waals surface area contributed by atoms with Crippen molar-refractivity contribution in [3.8, 4) is 0 Å². The standard InChI is InChI=1S/C19H24F3N7O.2C2HF3O2/c1-10-6-7-12-11(8-10)16(25-13-4-2-3-5-14(13)26-17(23)24)29-18(27-12)28-15(30)9-19(20,21)22;2*3-2(4,5)1(6)7/h6-8,13-14H,2-5,9H2,1H3,(H4,23,24,26)(H2,25,27,28,29,30);2*(H,6,7). The van der Waals surface area contributed by atoms with Gasteiger partial charge in [-0.15, -0.1) is 0 Å². The van der Waals surface area contributed by atoms with Crippen LogP contribution >= 0.6 is 0 Å². The number of aliphatic carboxylic acids is 2. The van der Waals surface area contributed by atoms with Crippen LogP contribution in [0.5, 0.6) is 0 Å². The van der Waals surface area contributed by atoms with Crippen LogP contribution in [-0.2, 0) is 14.4 Å². The van der Waals surface area contributed by atoms with Crippen molar-refractivity contribution in [1.29, 1.82) is 0 Å².